The predicted octanol–water partition coefficient (Wildman–Crippen LogP) is 4.08. The number of hydrogen-bond acceptors (Lipinski definition) is 1. The Labute approximate surface area is 118 Å². The fourth-order valence-corrected chi connectivity index (χ4v) is 2.11. The lowest BCUT2D eigenvalue weighted by atomic mass is 10.1. The Morgan fingerprint density at radius 3 is 2.45 bits per heavy atom. The summed E-state index contributed by atoms with van der Waals surface area (Å²) in [5.74, 6) is -1.02. The molecular formula is C17H19F2N. The van der Waals surface area contributed by atoms with E-state index in [1.54, 1.807) is 0 Å². The lowest BCUT2D eigenvalue weighted by molar-refractivity contribution is 0.554. The number of benzene rings is 2. The minimum Gasteiger partial charge on any atom is -0.313 e. The van der Waals surface area contributed by atoms with Gasteiger partial charge in [0.15, 0.2) is 0 Å². The highest BCUT2D eigenvalue weighted by molar-refractivity contribution is 5.18. The lowest BCUT2D eigenvalue weighted by Crippen LogP contribution is -2.15. The maximum absolute atomic E-state index is 13.4. The highest BCUT2D eigenvalue weighted by Gasteiger charge is 2.02. The highest BCUT2D eigenvalue weighted by Crippen LogP contribution is 2.09. The van der Waals surface area contributed by atoms with Crippen LogP contribution in [0.15, 0.2) is 48.5 Å². The van der Waals surface area contributed by atoms with Crippen molar-refractivity contribution >= 4 is 0 Å². The molecule has 20 heavy (non-hydrogen) atoms. The van der Waals surface area contributed by atoms with Crippen LogP contribution in [0, 0.1) is 11.6 Å². The minimum absolute atomic E-state index is 0.442. The number of nitrogens with one attached hydrogen (secondary N) is 1. The molecule has 0 unspecified atom stereocenters. The van der Waals surface area contributed by atoms with Crippen LogP contribution in [0.1, 0.15) is 24.0 Å². The maximum atomic E-state index is 13.4. The molecule has 0 aliphatic heterocycles. The average Bonchev–Trinajstić information content (AvgIpc) is 2.46. The van der Waals surface area contributed by atoms with Gasteiger partial charge in [-0.15, -0.1) is 0 Å². The summed E-state index contributed by atoms with van der Waals surface area (Å²) < 4.78 is 26.1. The van der Waals surface area contributed by atoms with Crippen molar-refractivity contribution < 1.29 is 8.78 Å². The molecule has 2 aromatic rings. The third-order valence-corrected chi connectivity index (χ3v) is 3.24. The fraction of sp³-hybridized carbons (Fsp3) is 0.294. The highest BCUT2D eigenvalue weighted by atomic mass is 19.1. The van der Waals surface area contributed by atoms with Crippen LogP contribution in [0.4, 0.5) is 8.78 Å². The second-order valence-electron chi connectivity index (χ2n) is 4.86. The van der Waals surface area contributed by atoms with E-state index in [-0.39, 0.29) is 0 Å². The summed E-state index contributed by atoms with van der Waals surface area (Å²) in [5, 5.41) is 3.19. The zero-order valence-corrected chi connectivity index (χ0v) is 11.4. The lowest BCUT2D eigenvalue weighted by Gasteiger charge is -2.06. The third-order valence-electron chi connectivity index (χ3n) is 3.24. The van der Waals surface area contributed by atoms with Crippen molar-refractivity contribution in [2.24, 2.45) is 0 Å². The summed E-state index contributed by atoms with van der Waals surface area (Å²) >= 11 is 0. The molecule has 0 fully saturated rings. The maximum Gasteiger partial charge on any atom is 0.130 e. The number of unbranched alkanes of at least 4 members (excludes halogenated alkanes) is 1. The summed E-state index contributed by atoms with van der Waals surface area (Å²) in [7, 11) is 0. The average molecular weight is 275 g/mol. The quantitative estimate of drug-likeness (QED) is 0.751. The molecule has 0 heterocycles. The number of hydrogen-bond donors (Lipinski definition) is 1. The van der Waals surface area contributed by atoms with Gasteiger partial charge >= 0.3 is 0 Å². The van der Waals surface area contributed by atoms with E-state index < -0.39 is 11.6 Å². The van der Waals surface area contributed by atoms with Crippen LogP contribution in [0.25, 0.3) is 0 Å². The SMILES string of the molecule is Fc1ccc(CNCCCCc2ccccc2)c(F)c1. The van der Waals surface area contributed by atoms with E-state index in [9.17, 15) is 8.78 Å². The minimum atomic E-state index is -0.533. The molecule has 0 aliphatic carbocycles. The zero-order valence-electron chi connectivity index (χ0n) is 11.4. The summed E-state index contributed by atoms with van der Waals surface area (Å²) in [6, 6.07) is 14.1. The topological polar surface area (TPSA) is 12.0 Å². The summed E-state index contributed by atoms with van der Waals surface area (Å²) in [6.45, 7) is 1.28. The van der Waals surface area contributed by atoms with Gasteiger partial charge in [-0.3, -0.25) is 0 Å². The van der Waals surface area contributed by atoms with Crippen molar-refractivity contribution in [2.75, 3.05) is 6.54 Å². The third kappa shape index (κ3) is 4.74. The Morgan fingerprint density at radius 1 is 0.900 bits per heavy atom. The molecule has 0 atom stereocenters. The Morgan fingerprint density at radius 2 is 1.70 bits per heavy atom. The van der Waals surface area contributed by atoms with E-state index >= 15 is 0 Å². The van der Waals surface area contributed by atoms with Crippen LogP contribution in [0.2, 0.25) is 0 Å². The first-order valence-corrected chi connectivity index (χ1v) is 6.94. The van der Waals surface area contributed by atoms with Crippen LogP contribution in [-0.4, -0.2) is 6.54 Å². The van der Waals surface area contributed by atoms with Gasteiger partial charge in [-0.05, 0) is 37.4 Å². The summed E-state index contributed by atoms with van der Waals surface area (Å²) in [4.78, 5) is 0. The molecule has 0 saturated carbocycles. The molecule has 1 N–H and O–H groups in total. The molecule has 0 aliphatic rings. The van der Waals surface area contributed by atoms with Gasteiger partial charge < -0.3 is 5.32 Å². The molecule has 0 saturated heterocycles. The van der Waals surface area contributed by atoms with Gasteiger partial charge in [0, 0.05) is 18.2 Å². The molecule has 2 aromatic carbocycles. The van der Waals surface area contributed by atoms with Crippen molar-refractivity contribution in [3.63, 3.8) is 0 Å². The molecule has 1 nitrogen and oxygen atoms in total. The standard InChI is InChI=1S/C17H19F2N/c18-16-10-9-15(17(19)12-16)13-20-11-5-4-8-14-6-2-1-3-7-14/h1-3,6-7,9-10,12,20H,4-5,8,11,13H2. The Kier molecular flexibility index (Phi) is 5.69. The number of aryl methyl sites for hydroxylation is 1. The van der Waals surface area contributed by atoms with E-state index in [0.717, 1.165) is 31.9 Å². The molecule has 0 radical (unpaired) electrons. The molecule has 0 bridgehead atoms. The zero-order chi connectivity index (χ0) is 14.2. The van der Waals surface area contributed by atoms with Crippen LogP contribution in [-0.2, 0) is 13.0 Å². The second-order valence-corrected chi connectivity index (χ2v) is 4.86. The van der Waals surface area contributed by atoms with Crippen LogP contribution in [0.3, 0.4) is 0 Å². The normalized spacial score (nSPS) is 10.7. The van der Waals surface area contributed by atoms with Gasteiger partial charge in [-0.1, -0.05) is 36.4 Å². The molecule has 0 aromatic heterocycles. The van der Waals surface area contributed by atoms with Crippen molar-refractivity contribution in [2.45, 2.75) is 25.8 Å². The summed E-state index contributed by atoms with van der Waals surface area (Å²) in [6.07, 6.45) is 3.20. The van der Waals surface area contributed by atoms with Gasteiger partial charge in [-0.25, -0.2) is 8.78 Å². The largest absolute Gasteiger partial charge is 0.313 e. The molecule has 0 spiro atoms. The number of halogens is 2. The van der Waals surface area contributed by atoms with Gasteiger partial charge in [0.25, 0.3) is 0 Å². The van der Waals surface area contributed by atoms with E-state index in [0.29, 0.717) is 12.1 Å². The van der Waals surface area contributed by atoms with Gasteiger partial charge in [0.2, 0.25) is 0 Å². The second kappa shape index (κ2) is 7.75. The Hall–Kier alpha value is -1.74. The first-order chi connectivity index (χ1) is 9.75. The van der Waals surface area contributed by atoms with Crippen molar-refractivity contribution in [1.82, 2.24) is 5.32 Å². The van der Waals surface area contributed by atoms with Gasteiger partial charge in [0.1, 0.15) is 11.6 Å². The number of rotatable bonds is 7. The molecule has 2 rings (SSSR count). The van der Waals surface area contributed by atoms with Gasteiger partial charge in [-0.2, -0.15) is 0 Å². The van der Waals surface area contributed by atoms with Crippen LogP contribution < -0.4 is 5.32 Å². The molecule has 0 amide bonds. The van der Waals surface area contributed by atoms with E-state index in [4.69, 9.17) is 0 Å². The summed E-state index contributed by atoms with van der Waals surface area (Å²) in [5.41, 5.74) is 1.85. The Bertz CT molecular complexity index is 526. The monoisotopic (exact) mass is 275 g/mol. The molecule has 3 heteroatoms. The first kappa shape index (κ1) is 14.7. The smallest absolute Gasteiger partial charge is 0.130 e. The van der Waals surface area contributed by atoms with E-state index in [1.165, 1.54) is 17.7 Å². The van der Waals surface area contributed by atoms with Crippen molar-refractivity contribution in [1.29, 1.82) is 0 Å². The predicted molar refractivity (Wildman–Crippen MR) is 77.4 cm³/mol. The van der Waals surface area contributed by atoms with E-state index in [2.05, 4.69) is 17.4 Å². The first-order valence-electron chi connectivity index (χ1n) is 6.94. The Balaban J connectivity index is 1.62. The van der Waals surface area contributed by atoms with Crippen LogP contribution >= 0.6 is 0 Å². The van der Waals surface area contributed by atoms with E-state index in [1.807, 2.05) is 18.2 Å². The van der Waals surface area contributed by atoms with Gasteiger partial charge in [0.05, 0.1) is 0 Å². The molecule has 106 valence electrons. The van der Waals surface area contributed by atoms with Crippen molar-refractivity contribution in [3.05, 3.63) is 71.3 Å². The van der Waals surface area contributed by atoms with Crippen molar-refractivity contribution in [3.8, 4) is 0 Å². The molecular weight excluding hydrogens is 256 g/mol. The van der Waals surface area contributed by atoms with Crippen LogP contribution in [0.5, 0.6) is 0 Å². The fourth-order valence-electron chi connectivity index (χ4n) is 2.11.